The van der Waals surface area contributed by atoms with E-state index < -0.39 is 6.10 Å². The molecule has 5 rings (SSSR count). The molecule has 0 aromatic carbocycles. The molecule has 4 aromatic rings. The van der Waals surface area contributed by atoms with Crippen LogP contribution in [0.2, 0.25) is 0 Å². The maximum absolute atomic E-state index is 13.0. The van der Waals surface area contributed by atoms with Crippen LogP contribution in [0.5, 0.6) is 0 Å². The van der Waals surface area contributed by atoms with Gasteiger partial charge in [0.2, 0.25) is 0 Å². The number of carbonyl (C=O) groups excluding carboxylic acids is 1. The van der Waals surface area contributed by atoms with Crippen molar-refractivity contribution in [3.63, 3.8) is 0 Å². The average Bonchev–Trinajstić information content (AvgIpc) is 3.42. The minimum absolute atomic E-state index is 0.219. The van der Waals surface area contributed by atoms with Gasteiger partial charge >= 0.3 is 0 Å². The number of carbonyl (C=O) groups is 1. The first-order chi connectivity index (χ1) is 16.0. The lowest BCUT2D eigenvalue weighted by Crippen LogP contribution is -2.45. The van der Waals surface area contributed by atoms with Crippen molar-refractivity contribution in [3.8, 4) is 11.4 Å². The normalized spacial score (nSPS) is 18.5. The van der Waals surface area contributed by atoms with Crippen LogP contribution in [0.1, 0.15) is 47.3 Å². The van der Waals surface area contributed by atoms with Crippen LogP contribution in [0.3, 0.4) is 0 Å². The SMILES string of the molecule is Cn1ccc(-c2ccc(Cc3cc(C(=O)N[C@@H]4CCCC[C@H]4O)nc4c3ccn4C)cn2)n1. The summed E-state index contributed by atoms with van der Waals surface area (Å²) in [6, 6.07) is 9.62. The number of hydrogen-bond acceptors (Lipinski definition) is 5. The molecule has 8 nitrogen and oxygen atoms in total. The highest BCUT2D eigenvalue weighted by molar-refractivity contribution is 5.95. The number of amides is 1. The molecule has 0 spiro atoms. The molecule has 170 valence electrons. The molecule has 0 aliphatic heterocycles. The predicted molar refractivity (Wildman–Crippen MR) is 126 cm³/mol. The van der Waals surface area contributed by atoms with Gasteiger partial charge in [-0.1, -0.05) is 18.9 Å². The Morgan fingerprint density at radius 3 is 2.70 bits per heavy atom. The molecule has 8 heteroatoms. The Bertz CT molecular complexity index is 1290. The summed E-state index contributed by atoms with van der Waals surface area (Å²) in [5.74, 6) is -0.242. The lowest BCUT2D eigenvalue weighted by atomic mass is 9.92. The minimum atomic E-state index is -0.496. The minimum Gasteiger partial charge on any atom is -0.391 e. The second kappa shape index (κ2) is 8.78. The van der Waals surface area contributed by atoms with E-state index in [9.17, 15) is 9.90 Å². The third kappa shape index (κ3) is 4.39. The van der Waals surface area contributed by atoms with Crippen LogP contribution in [-0.4, -0.2) is 47.5 Å². The van der Waals surface area contributed by atoms with Gasteiger partial charge in [-0.3, -0.25) is 14.5 Å². The van der Waals surface area contributed by atoms with E-state index in [1.807, 2.05) is 67.6 Å². The zero-order valence-corrected chi connectivity index (χ0v) is 18.9. The summed E-state index contributed by atoms with van der Waals surface area (Å²) in [6.07, 6.45) is 9.37. The summed E-state index contributed by atoms with van der Waals surface area (Å²) >= 11 is 0. The van der Waals surface area contributed by atoms with E-state index in [2.05, 4.69) is 20.4 Å². The van der Waals surface area contributed by atoms with Gasteiger partial charge in [0.1, 0.15) is 17.0 Å². The summed E-state index contributed by atoms with van der Waals surface area (Å²) in [5, 5.41) is 18.7. The van der Waals surface area contributed by atoms with Gasteiger partial charge in [0.15, 0.2) is 0 Å². The fourth-order valence-corrected chi connectivity index (χ4v) is 4.54. The van der Waals surface area contributed by atoms with Gasteiger partial charge in [-0.15, -0.1) is 0 Å². The van der Waals surface area contributed by atoms with E-state index in [0.29, 0.717) is 12.1 Å². The van der Waals surface area contributed by atoms with Gasteiger partial charge in [0, 0.05) is 38.1 Å². The van der Waals surface area contributed by atoms with Crippen molar-refractivity contribution in [2.75, 3.05) is 0 Å². The van der Waals surface area contributed by atoms with Crippen LogP contribution in [0.25, 0.3) is 22.4 Å². The van der Waals surface area contributed by atoms with E-state index in [-0.39, 0.29) is 11.9 Å². The van der Waals surface area contributed by atoms with Crippen LogP contribution in [0, 0.1) is 0 Å². The second-order valence-electron chi connectivity index (χ2n) is 8.87. The lowest BCUT2D eigenvalue weighted by molar-refractivity contribution is 0.0714. The largest absolute Gasteiger partial charge is 0.391 e. The smallest absolute Gasteiger partial charge is 0.270 e. The zero-order chi connectivity index (χ0) is 22.9. The van der Waals surface area contributed by atoms with Crippen LogP contribution < -0.4 is 5.32 Å². The highest BCUT2D eigenvalue weighted by Gasteiger charge is 2.26. The maximum atomic E-state index is 13.0. The zero-order valence-electron chi connectivity index (χ0n) is 18.9. The first-order valence-electron chi connectivity index (χ1n) is 11.4. The molecule has 1 aliphatic carbocycles. The van der Waals surface area contributed by atoms with E-state index in [1.165, 1.54) is 0 Å². The molecular weight excluding hydrogens is 416 g/mol. The molecular formula is C25H28N6O2. The summed E-state index contributed by atoms with van der Waals surface area (Å²) in [5.41, 5.74) is 4.85. The molecule has 0 unspecified atom stereocenters. The summed E-state index contributed by atoms with van der Waals surface area (Å²) < 4.78 is 3.68. The van der Waals surface area contributed by atoms with Crippen molar-refractivity contribution in [1.82, 2.24) is 29.6 Å². The van der Waals surface area contributed by atoms with Crippen molar-refractivity contribution >= 4 is 16.9 Å². The van der Waals surface area contributed by atoms with E-state index >= 15 is 0 Å². The molecule has 0 saturated heterocycles. The molecule has 2 N–H and O–H groups in total. The summed E-state index contributed by atoms with van der Waals surface area (Å²) in [6.45, 7) is 0. The Hall–Kier alpha value is -3.52. The quantitative estimate of drug-likeness (QED) is 0.493. The van der Waals surface area contributed by atoms with E-state index in [1.54, 1.807) is 4.68 Å². The Morgan fingerprint density at radius 2 is 1.97 bits per heavy atom. The van der Waals surface area contributed by atoms with Gasteiger partial charge < -0.3 is 15.0 Å². The first kappa shape index (κ1) is 21.3. The number of aryl methyl sites for hydroxylation is 2. The van der Waals surface area contributed by atoms with Crippen molar-refractivity contribution in [2.24, 2.45) is 14.1 Å². The van der Waals surface area contributed by atoms with Crippen LogP contribution >= 0.6 is 0 Å². The number of hydrogen-bond donors (Lipinski definition) is 2. The molecule has 0 radical (unpaired) electrons. The fourth-order valence-electron chi connectivity index (χ4n) is 4.54. The topological polar surface area (TPSA) is 97.9 Å². The van der Waals surface area contributed by atoms with Gasteiger partial charge in [-0.2, -0.15) is 5.10 Å². The number of aromatic nitrogens is 5. The highest BCUT2D eigenvalue weighted by Crippen LogP contribution is 2.24. The molecule has 1 fully saturated rings. The Morgan fingerprint density at radius 1 is 1.12 bits per heavy atom. The first-order valence-corrected chi connectivity index (χ1v) is 11.4. The Kier molecular flexibility index (Phi) is 5.68. The summed E-state index contributed by atoms with van der Waals surface area (Å²) in [7, 11) is 3.81. The number of nitrogens with zero attached hydrogens (tertiary/aromatic N) is 5. The lowest BCUT2D eigenvalue weighted by Gasteiger charge is -2.28. The second-order valence-corrected chi connectivity index (χ2v) is 8.87. The maximum Gasteiger partial charge on any atom is 0.270 e. The number of pyridine rings is 2. The monoisotopic (exact) mass is 444 g/mol. The Labute approximate surface area is 192 Å². The highest BCUT2D eigenvalue weighted by atomic mass is 16.3. The van der Waals surface area contributed by atoms with Crippen molar-refractivity contribution in [1.29, 1.82) is 0 Å². The number of rotatable bonds is 5. The van der Waals surface area contributed by atoms with Crippen molar-refractivity contribution < 1.29 is 9.90 Å². The van der Waals surface area contributed by atoms with Gasteiger partial charge in [0.05, 0.1) is 17.8 Å². The van der Waals surface area contributed by atoms with Gasteiger partial charge in [-0.05, 0) is 54.7 Å². The van der Waals surface area contributed by atoms with Crippen molar-refractivity contribution in [3.05, 3.63) is 65.7 Å². The number of aliphatic hydroxyl groups excluding tert-OH is 1. The van der Waals surface area contributed by atoms with Crippen LogP contribution in [0.4, 0.5) is 0 Å². The molecule has 1 amide bonds. The molecule has 2 atom stereocenters. The number of aliphatic hydroxyl groups is 1. The third-order valence-corrected chi connectivity index (χ3v) is 6.40. The molecule has 33 heavy (non-hydrogen) atoms. The van der Waals surface area contributed by atoms with E-state index in [0.717, 1.165) is 59.2 Å². The molecule has 1 aliphatic rings. The summed E-state index contributed by atoms with van der Waals surface area (Å²) in [4.78, 5) is 22.2. The number of fused-ring (bicyclic) bond motifs is 1. The van der Waals surface area contributed by atoms with Gasteiger partial charge in [-0.25, -0.2) is 4.98 Å². The standard InChI is InChI=1S/C25H28N6O2/c1-30-11-9-18-17(13-16-7-8-19(26-15-16)20-10-12-31(2)29-20)14-22(27-24(18)30)25(33)28-21-5-3-4-6-23(21)32/h7-12,14-15,21,23,32H,3-6,13H2,1-2H3,(H,28,33)/t21-,23-/m1/s1. The van der Waals surface area contributed by atoms with Crippen LogP contribution in [0.15, 0.2) is 48.9 Å². The van der Waals surface area contributed by atoms with Gasteiger partial charge in [0.25, 0.3) is 5.91 Å². The molecule has 4 heterocycles. The Balaban J connectivity index is 1.42. The molecule has 4 aromatic heterocycles. The predicted octanol–water partition coefficient (Wildman–Crippen LogP) is 2.99. The third-order valence-electron chi connectivity index (χ3n) is 6.40. The van der Waals surface area contributed by atoms with Crippen LogP contribution in [-0.2, 0) is 20.5 Å². The van der Waals surface area contributed by atoms with E-state index in [4.69, 9.17) is 0 Å². The molecule has 0 bridgehead atoms. The van der Waals surface area contributed by atoms with Crippen molar-refractivity contribution in [2.45, 2.75) is 44.2 Å². The number of nitrogens with one attached hydrogen (secondary N) is 1. The fraction of sp³-hybridized carbons (Fsp3) is 0.360. The molecule has 1 saturated carbocycles. The average molecular weight is 445 g/mol.